The number of Topliss-reactive ketones (excluding diaryl/α,β-unsaturated/α-hetero) is 1. The van der Waals surface area contributed by atoms with E-state index in [4.69, 9.17) is 0 Å². The van der Waals surface area contributed by atoms with E-state index in [0.717, 1.165) is 29.1 Å². The number of benzene rings is 2. The Bertz CT molecular complexity index is 1280. The van der Waals surface area contributed by atoms with E-state index in [0.29, 0.717) is 23.3 Å². The SMILES string of the molecule is CC(=O)c1cccc(-c2cnc3cnc(-c4ccc(C(=O)NCCN(C)C)cc4)cn23)c1. The first-order valence-corrected chi connectivity index (χ1v) is 10.4. The summed E-state index contributed by atoms with van der Waals surface area (Å²) in [6, 6.07) is 14.9. The lowest BCUT2D eigenvalue weighted by atomic mass is 10.1. The molecule has 0 aliphatic carbocycles. The molecule has 0 bridgehead atoms. The smallest absolute Gasteiger partial charge is 0.251 e. The fraction of sp³-hybridized carbons (Fsp3) is 0.200. The maximum absolute atomic E-state index is 12.3. The molecular formula is C25H25N5O2. The number of nitrogens with one attached hydrogen (secondary N) is 1. The van der Waals surface area contributed by atoms with Crippen molar-refractivity contribution >= 4 is 17.3 Å². The van der Waals surface area contributed by atoms with Gasteiger partial charge in [0.05, 0.1) is 23.8 Å². The molecule has 2 aromatic heterocycles. The number of amides is 1. The van der Waals surface area contributed by atoms with Gasteiger partial charge in [0.15, 0.2) is 11.4 Å². The minimum Gasteiger partial charge on any atom is -0.351 e. The van der Waals surface area contributed by atoms with Crippen molar-refractivity contribution < 1.29 is 9.59 Å². The van der Waals surface area contributed by atoms with Gasteiger partial charge in [0.2, 0.25) is 0 Å². The lowest BCUT2D eigenvalue weighted by molar-refractivity contribution is 0.0950. The normalized spacial score (nSPS) is 11.1. The molecule has 7 heteroatoms. The van der Waals surface area contributed by atoms with Gasteiger partial charge >= 0.3 is 0 Å². The number of likely N-dealkylation sites (N-methyl/N-ethyl adjacent to an activating group) is 1. The molecule has 32 heavy (non-hydrogen) atoms. The molecule has 0 unspecified atom stereocenters. The Hall–Kier alpha value is -3.84. The summed E-state index contributed by atoms with van der Waals surface area (Å²) in [4.78, 5) is 35.1. The summed E-state index contributed by atoms with van der Waals surface area (Å²) in [5.41, 5.74) is 5.43. The van der Waals surface area contributed by atoms with Gasteiger partial charge < -0.3 is 10.2 Å². The molecule has 4 rings (SSSR count). The van der Waals surface area contributed by atoms with Crippen LogP contribution in [0.1, 0.15) is 27.6 Å². The molecule has 1 amide bonds. The van der Waals surface area contributed by atoms with Gasteiger partial charge in [-0.3, -0.25) is 19.0 Å². The fourth-order valence-corrected chi connectivity index (χ4v) is 3.44. The zero-order valence-corrected chi connectivity index (χ0v) is 18.4. The van der Waals surface area contributed by atoms with Crippen LogP contribution in [0, 0.1) is 0 Å². The van der Waals surface area contributed by atoms with Gasteiger partial charge in [-0.15, -0.1) is 0 Å². The lowest BCUT2D eigenvalue weighted by Gasteiger charge is -2.10. The average Bonchev–Trinajstić information content (AvgIpc) is 3.22. The van der Waals surface area contributed by atoms with Crippen LogP contribution in [0.25, 0.3) is 28.2 Å². The summed E-state index contributed by atoms with van der Waals surface area (Å²) in [7, 11) is 3.94. The largest absolute Gasteiger partial charge is 0.351 e. The predicted molar refractivity (Wildman–Crippen MR) is 125 cm³/mol. The molecular weight excluding hydrogens is 402 g/mol. The number of rotatable bonds is 7. The number of carbonyl (C=O) groups excluding carboxylic acids is 2. The minimum atomic E-state index is -0.0935. The highest BCUT2D eigenvalue weighted by Crippen LogP contribution is 2.25. The standard InChI is InChI=1S/C25H25N5O2/c1-17(31)20-5-4-6-21(13-20)23-14-28-24-15-27-22(16-30(23)24)18-7-9-19(10-8-18)25(32)26-11-12-29(2)3/h4-10,13-16H,11-12H2,1-3H3,(H,26,32). The topological polar surface area (TPSA) is 79.6 Å². The van der Waals surface area contributed by atoms with Crippen LogP contribution in [0.15, 0.2) is 67.1 Å². The maximum Gasteiger partial charge on any atom is 0.251 e. The Morgan fingerprint density at radius 2 is 1.75 bits per heavy atom. The number of carbonyl (C=O) groups is 2. The highest BCUT2D eigenvalue weighted by Gasteiger charge is 2.11. The summed E-state index contributed by atoms with van der Waals surface area (Å²) in [6.45, 7) is 2.94. The minimum absolute atomic E-state index is 0.0221. The number of hydrogen-bond acceptors (Lipinski definition) is 5. The number of imidazole rings is 1. The number of nitrogens with zero attached hydrogens (tertiary/aromatic N) is 4. The summed E-state index contributed by atoms with van der Waals surface area (Å²) in [5, 5.41) is 2.92. The first-order valence-electron chi connectivity index (χ1n) is 10.4. The van der Waals surface area contributed by atoms with Crippen molar-refractivity contribution in [2.24, 2.45) is 0 Å². The van der Waals surface area contributed by atoms with Crippen LogP contribution in [0.4, 0.5) is 0 Å². The van der Waals surface area contributed by atoms with Crippen LogP contribution < -0.4 is 5.32 Å². The Morgan fingerprint density at radius 1 is 0.969 bits per heavy atom. The van der Waals surface area contributed by atoms with Crippen molar-refractivity contribution in [3.05, 3.63) is 78.2 Å². The Balaban J connectivity index is 1.60. The van der Waals surface area contributed by atoms with Crippen molar-refractivity contribution in [1.82, 2.24) is 24.6 Å². The molecule has 0 spiro atoms. The summed E-state index contributed by atoms with van der Waals surface area (Å²) >= 11 is 0. The molecule has 162 valence electrons. The highest BCUT2D eigenvalue weighted by atomic mass is 16.1. The molecule has 4 aromatic rings. The molecule has 0 aliphatic rings. The molecule has 0 aliphatic heterocycles. The summed E-state index contributed by atoms with van der Waals surface area (Å²) < 4.78 is 1.96. The molecule has 0 radical (unpaired) electrons. The van der Waals surface area contributed by atoms with Crippen LogP contribution in [-0.4, -0.2) is 58.1 Å². The molecule has 0 saturated carbocycles. The van der Waals surface area contributed by atoms with Gasteiger partial charge in [0.25, 0.3) is 5.91 Å². The summed E-state index contributed by atoms with van der Waals surface area (Å²) in [5.74, 6) is -0.0714. The van der Waals surface area contributed by atoms with E-state index in [2.05, 4.69) is 15.3 Å². The van der Waals surface area contributed by atoms with Gasteiger partial charge in [-0.1, -0.05) is 30.3 Å². The Kier molecular flexibility index (Phi) is 6.09. The van der Waals surface area contributed by atoms with E-state index >= 15 is 0 Å². The van der Waals surface area contributed by atoms with Gasteiger partial charge in [-0.2, -0.15) is 0 Å². The molecule has 7 nitrogen and oxygen atoms in total. The van der Waals surface area contributed by atoms with Crippen LogP contribution in [0.5, 0.6) is 0 Å². The first kappa shape index (κ1) is 21.4. The second-order valence-electron chi connectivity index (χ2n) is 7.92. The van der Waals surface area contributed by atoms with Crippen molar-refractivity contribution in [2.75, 3.05) is 27.2 Å². The van der Waals surface area contributed by atoms with Crippen molar-refractivity contribution in [2.45, 2.75) is 6.92 Å². The molecule has 2 aromatic carbocycles. The van der Waals surface area contributed by atoms with E-state index in [-0.39, 0.29) is 11.7 Å². The molecule has 0 saturated heterocycles. The maximum atomic E-state index is 12.3. The quantitative estimate of drug-likeness (QED) is 0.456. The van der Waals surface area contributed by atoms with E-state index < -0.39 is 0 Å². The van der Waals surface area contributed by atoms with E-state index in [1.54, 1.807) is 37.5 Å². The molecule has 1 N–H and O–H groups in total. The van der Waals surface area contributed by atoms with Crippen molar-refractivity contribution in [3.8, 4) is 22.5 Å². The lowest BCUT2D eigenvalue weighted by Crippen LogP contribution is -2.31. The average molecular weight is 428 g/mol. The third-order valence-corrected chi connectivity index (χ3v) is 5.25. The Labute approximate surface area is 186 Å². The van der Waals surface area contributed by atoms with Gasteiger partial charge in [-0.05, 0) is 39.2 Å². The van der Waals surface area contributed by atoms with Crippen LogP contribution >= 0.6 is 0 Å². The monoisotopic (exact) mass is 427 g/mol. The van der Waals surface area contributed by atoms with Crippen molar-refractivity contribution in [1.29, 1.82) is 0 Å². The van der Waals surface area contributed by atoms with Crippen LogP contribution in [-0.2, 0) is 0 Å². The van der Waals surface area contributed by atoms with Gasteiger partial charge in [0, 0.05) is 41.5 Å². The van der Waals surface area contributed by atoms with E-state index in [1.165, 1.54) is 0 Å². The molecule has 0 atom stereocenters. The van der Waals surface area contributed by atoms with Crippen LogP contribution in [0.3, 0.4) is 0 Å². The number of aromatic nitrogens is 3. The third-order valence-electron chi connectivity index (χ3n) is 5.25. The molecule has 0 fully saturated rings. The zero-order chi connectivity index (χ0) is 22.7. The zero-order valence-electron chi connectivity index (χ0n) is 18.4. The highest BCUT2D eigenvalue weighted by molar-refractivity contribution is 5.95. The first-order chi connectivity index (χ1) is 15.4. The van der Waals surface area contributed by atoms with Gasteiger partial charge in [0.1, 0.15) is 0 Å². The predicted octanol–water partition coefficient (Wildman–Crippen LogP) is 3.56. The number of fused-ring (bicyclic) bond motifs is 1. The Morgan fingerprint density at radius 3 is 2.47 bits per heavy atom. The van der Waals surface area contributed by atoms with E-state index in [9.17, 15) is 9.59 Å². The van der Waals surface area contributed by atoms with E-state index in [1.807, 2.05) is 59.9 Å². The van der Waals surface area contributed by atoms with Crippen molar-refractivity contribution in [3.63, 3.8) is 0 Å². The third kappa shape index (κ3) is 4.58. The van der Waals surface area contributed by atoms with Crippen LogP contribution in [0.2, 0.25) is 0 Å². The molecule has 2 heterocycles. The van der Waals surface area contributed by atoms with Gasteiger partial charge in [-0.25, -0.2) is 4.98 Å². The second-order valence-corrected chi connectivity index (χ2v) is 7.92. The number of hydrogen-bond donors (Lipinski definition) is 1. The fourth-order valence-electron chi connectivity index (χ4n) is 3.44. The number of ketones is 1. The second kappa shape index (κ2) is 9.11. The summed E-state index contributed by atoms with van der Waals surface area (Å²) in [6.07, 6.45) is 5.42.